The number of thiazole rings is 1. The van der Waals surface area contributed by atoms with Crippen molar-refractivity contribution in [3.05, 3.63) is 22.0 Å². The Morgan fingerprint density at radius 2 is 2.28 bits per heavy atom. The molecule has 2 heterocycles. The summed E-state index contributed by atoms with van der Waals surface area (Å²) in [5.74, 6) is -1.28. The van der Waals surface area contributed by atoms with E-state index in [1.807, 2.05) is 6.92 Å². The van der Waals surface area contributed by atoms with Crippen LogP contribution in [0.25, 0.3) is 10.3 Å². The summed E-state index contributed by atoms with van der Waals surface area (Å²) in [6, 6.07) is 0. The summed E-state index contributed by atoms with van der Waals surface area (Å²) >= 11 is 1.15. The van der Waals surface area contributed by atoms with Gasteiger partial charge in [-0.25, -0.2) is 9.78 Å². The fourth-order valence-corrected chi connectivity index (χ4v) is 3.31. The van der Waals surface area contributed by atoms with Crippen LogP contribution in [0.3, 0.4) is 0 Å². The fraction of sp³-hybridized carbons (Fsp3) is 0.300. The molecule has 0 aliphatic heterocycles. The molecule has 0 spiro atoms. The van der Waals surface area contributed by atoms with E-state index in [0.29, 0.717) is 15.7 Å². The summed E-state index contributed by atoms with van der Waals surface area (Å²) < 4.78 is 13.3. The lowest BCUT2D eigenvalue weighted by Crippen LogP contribution is -2.18. The molecule has 96 valence electrons. The van der Waals surface area contributed by atoms with Crippen molar-refractivity contribution in [1.29, 1.82) is 0 Å². The first-order chi connectivity index (χ1) is 8.45. The van der Waals surface area contributed by atoms with Gasteiger partial charge in [-0.2, -0.15) is 0 Å². The molecule has 2 aromatic rings. The van der Waals surface area contributed by atoms with Crippen molar-refractivity contribution in [3.8, 4) is 0 Å². The van der Waals surface area contributed by atoms with Crippen LogP contribution in [0.1, 0.15) is 17.3 Å². The quantitative estimate of drug-likeness (QED) is 0.906. The number of aromatic carboxylic acids is 1. The van der Waals surface area contributed by atoms with Gasteiger partial charge in [-0.15, -0.1) is 0 Å². The molecule has 0 aliphatic rings. The minimum absolute atomic E-state index is 0.0759. The lowest BCUT2D eigenvalue weighted by atomic mass is 10.2. The molecular weight excluding hydrogens is 276 g/mol. The first-order valence-electron chi connectivity index (χ1n) is 5.06. The molecule has 0 amide bonds. The molecule has 0 radical (unpaired) electrons. The number of carboxylic acid groups (broad SMARTS) is 1. The van der Waals surface area contributed by atoms with E-state index in [1.54, 1.807) is 4.57 Å². The normalized spacial score (nSPS) is 12.8. The Morgan fingerprint density at radius 3 is 2.78 bits per heavy atom. The highest BCUT2D eigenvalue weighted by Crippen LogP contribution is 2.22. The minimum atomic E-state index is -1.29. The fourth-order valence-electron chi connectivity index (χ4n) is 1.55. The van der Waals surface area contributed by atoms with Gasteiger partial charge in [-0.1, -0.05) is 11.3 Å². The summed E-state index contributed by atoms with van der Waals surface area (Å²) in [6.07, 6.45) is 2.77. The van der Waals surface area contributed by atoms with E-state index < -0.39 is 22.2 Å². The largest absolute Gasteiger partial charge is 0.477 e. The molecule has 2 aromatic heterocycles. The van der Waals surface area contributed by atoms with Crippen LogP contribution >= 0.6 is 11.3 Å². The van der Waals surface area contributed by atoms with Crippen molar-refractivity contribution >= 4 is 38.5 Å². The van der Waals surface area contributed by atoms with Crippen LogP contribution in [0.2, 0.25) is 0 Å². The summed E-state index contributed by atoms with van der Waals surface area (Å²) in [5.41, 5.74) is -0.870. The zero-order valence-corrected chi connectivity index (χ0v) is 11.3. The highest BCUT2D eigenvalue weighted by molar-refractivity contribution is 7.86. The number of carboxylic acids is 1. The molecule has 0 bridgehead atoms. The Labute approximate surface area is 108 Å². The Hall–Kier alpha value is -1.54. The lowest BCUT2D eigenvalue weighted by Gasteiger charge is -2.04. The van der Waals surface area contributed by atoms with Crippen molar-refractivity contribution in [1.82, 2.24) is 9.55 Å². The Morgan fingerprint density at radius 1 is 1.61 bits per heavy atom. The second kappa shape index (κ2) is 4.62. The van der Waals surface area contributed by atoms with Gasteiger partial charge in [0.15, 0.2) is 4.34 Å². The van der Waals surface area contributed by atoms with Gasteiger partial charge in [0.05, 0.1) is 10.8 Å². The molecular formula is C10H10N2O4S2. The van der Waals surface area contributed by atoms with Crippen LogP contribution in [0, 0.1) is 0 Å². The molecule has 8 heteroatoms. The Kier molecular flexibility index (Phi) is 3.31. The van der Waals surface area contributed by atoms with E-state index in [-0.39, 0.29) is 11.1 Å². The number of aryl methyl sites for hydroxylation is 1. The smallest absolute Gasteiger partial charge is 0.341 e. The van der Waals surface area contributed by atoms with Gasteiger partial charge in [0.25, 0.3) is 0 Å². The molecule has 0 saturated carbocycles. The van der Waals surface area contributed by atoms with Gasteiger partial charge >= 0.3 is 5.97 Å². The maximum absolute atomic E-state index is 11.9. The molecule has 0 unspecified atom stereocenters. The Balaban J connectivity index is 2.90. The van der Waals surface area contributed by atoms with Gasteiger partial charge < -0.3 is 9.67 Å². The number of rotatable bonds is 3. The highest BCUT2D eigenvalue weighted by atomic mass is 32.2. The SMILES string of the molecule is CCn1cc(C(=O)O)c(=O)c2nc([S@](C)=O)sc21. The second-order valence-corrected chi connectivity index (χ2v) is 6.08. The molecule has 0 saturated heterocycles. The number of aromatic nitrogens is 2. The van der Waals surface area contributed by atoms with Crippen molar-refractivity contribution in [2.24, 2.45) is 0 Å². The van der Waals surface area contributed by atoms with E-state index in [1.165, 1.54) is 12.5 Å². The monoisotopic (exact) mass is 286 g/mol. The van der Waals surface area contributed by atoms with Crippen LogP contribution < -0.4 is 5.43 Å². The third-order valence-corrected chi connectivity index (χ3v) is 4.84. The molecule has 2 rings (SSSR count). The molecule has 6 nitrogen and oxygen atoms in total. The predicted molar refractivity (Wildman–Crippen MR) is 68.8 cm³/mol. The van der Waals surface area contributed by atoms with Gasteiger partial charge in [-0.3, -0.25) is 9.00 Å². The van der Waals surface area contributed by atoms with Gasteiger partial charge in [0, 0.05) is 19.0 Å². The van der Waals surface area contributed by atoms with Crippen molar-refractivity contribution in [3.63, 3.8) is 0 Å². The summed E-state index contributed by atoms with van der Waals surface area (Å²) in [6.45, 7) is 2.34. The predicted octanol–water partition coefficient (Wildman–Crippen LogP) is 0.914. The molecule has 1 N–H and O–H groups in total. The standard InChI is InChI=1S/C10H10N2O4S2/c1-3-12-4-5(9(14)15)7(13)6-8(12)17-10(11-6)18(2)16/h4H,3H2,1-2H3,(H,14,15)/t18-/m0/s1. The molecule has 0 fully saturated rings. The zero-order valence-electron chi connectivity index (χ0n) is 9.67. The van der Waals surface area contributed by atoms with E-state index in [0.717, 1.165) is 11.3 Å². The first kappa shape index (κ1) is 12.9. The average molecular weight is 286 g/mol. The zero-order chi connectivity index (χ0) is 13.4. The second-order valence-electron chi connectivity index (χ2n) is 3.55. The summed E-state index contributed by atoms with van der Waals surface area (Å²) in [7, 11) is -1.29. The molecule has 0 aliphatic carbocycles. The lowest BCUT2D eigenvalue weighted by molar-refractivity contribution is 0.0695. The van der Waals surface area contributed by atoms with E-state index in [2.05, 4.69) is 4.98 Å². The van der Waals surface area contributed by atoms with Crippen molar-refractivity contribution < 1.29 is 14.1 Å². The topological polar surface area (TPSA) is 89.3 Å². The van der Waals surface area contributed by atoms with Crippen LogP contribution in [0.4, 0.5) is 0 Å². The minimum Gasteiger partial charge on any atom is -0.477 e. The third-order valence-electron chi connectivity index (χ3n) is 2.41. The maximum Gasteiger partial charge on any atom is 0.341 e. The maximum atomic E-state index is 11.9. The Bertz CT molecular complexity index is 716. The van der Waals surface area contributed by atoms with Crippen molar-refractivity contribution in [2.45, 2.75) is 17.8 Å². The highest BCUT2D eigenvalue weighted by Gasteiger charge is 2.18. The van der Waals surface area contributed by atoms with Gasteiger partial charge in [-0.05, 0) is 6.92 Å². The summed E-state index contributed by atoms with van der Waals surface area (Å²) in [5, 5.41) is 8.96. The number of nitrogens with zero attached hydrogens (tertiary/aromatic N) is 2. The van der Waals surface area contributed by atoms with Gasteiger partial charge in [0.2, 0.25) is 5.43 Å². The van der Waals surface area contributed by atoms with E-state index in [4.69, 9.17) is 5.11 Å². The van der Waals surface area contributed by atoms with Crippen LogP contribution in [0.5, 0.6) is 0 Å². The van der Waals surface area contributed by atoms with Crippen LogP contribution in [0.15, 0.2) is 15.3 Å². The van der Waals surface area contributed by atoms with Crippen LogP contribution in [-0.4, -0.2) is 31.1 Å². The van der Waals surface area contributed by atoms with E-state index >= 15 is 0 Å². The third kappa shape index (κ3) is 1.97. The summed E-state index contributed by atoms with van der Waals surface area (Å²) in [4.78, 5) is 27.4. The van der Waals surface area contributed by atoms with E-state index in [9.17, 15) is 13.8 Å². The number of pyridine rings is 1. The van der Waals surface area contributed by atoms with Crippen LogP contribution in [-0.2, 0) is 17.3 Å². The van der Waals surface area contributed by atoms with Crippen molar-refractivity contribution in [2.75, 3.05) is 6.26 Å². The average Bonchev–Trinajstić information content (AvgIpc) is 2.74. The molecule has 18 heavy (non-hydrogen) atoms. The molecule has 1 atom stereocenters. The number of carbonyl (C=O) groups is 1. The molecule has 0 aromatic carbocycles. The number of fused-ring (bicyclic) bond motifs is 1. The number of hydrogen-bond donors (Lipinski definition) is 1. The number of hydrogen-bond acceptors (Lipinski definition) is 5. The van der Waals surface area contributed by atoms with Gasteiger partial charge in [0.1, 0.15) is 15.9 Å². The first-order valence-corrected chi connectivity index (χ1v) is 7.43.